The highest BCUT2D eigenvalue weighted by molar-refractivity contribution is 6.12. The van der Waals surface area contributed by atoms with Crippen molar-refractivity contribution in [1.82, 2.24) is 0 Å². The molecule has 1 aromatic carbocycles. The summed E-state index contributed by atoms with van der Waals surface area (Å²) in [6, 6.07) is 9.37. The van der Waals surface area contributed by atoms with Crippen molar-refractivity contribution in [1.29, 1.82) is 0 Å². The van der Waals surface area contributed by atoms with Crippen molar-refractivity contribution < 1.29 is 0 Å². The highest BCUT2D eigenvalue weighted by Gasteiger charge is 2.24. The van der Waals surface area contributed by atoms with Gasteiger partial charge in [0.25, 0.3) is 0 Å². The Labute approximate surface area is 107 Å². The number of benzene rings is 2. The number of aryl methyl sites for hydroxylation is 1. The molecule has 1 aromatic rings. The molecule has 0 N–H and O–H groups in total. The van der Waals surface area contributed by atoms with Crippen molar-refractivity contribution in [2.75, 3.05) is 0 Å². The Hall–Kier alpha value is -1.82. The minimum Gasteiger partial charge on any atom is -0.0836 e. The lowest BCUT2D eigenvalue weighted by Crippen LogP contribution is -2.06. The van der Waals surface area contributed by atoms with Gasteiger partial charge in [-0.25, -0.2) is 0 Å². The van der Waals surface area contributed by atoms with Crippen LogP contribution < -0.4 is 0 Å². The molecule has 86 valence electrons. The molecule has 18 heavy (non-hydrogen) atoms. The summed E-state index contributed by atoms with van der Waals surface area (Å²) in [6.45, 7) is 0. The molecule has 0 aliphatic heterocycles. The Morgan fingerprint density at radius 2 is 1.83 bits per heavy atom. The van der Waals surface area contributed by atoms with E-state index in [1.165, 1.54) is 58.7 Å². The van der Waals surface area contributed by atoms with Crippen LogP contribution in [-0.4, -0.2) is 0 Å². The Kier molecular flexibility index (Phi) is 1.50. The van der Waals surface area contributed by atoms with Crippen LogP contribution in [0.4, 0.5) is 0 Å². The van der Waals surface area contributed by atoms with Gasteiger partial charge in [0.15, 0.2) is 0 Å². The second-order valence-corrected chi connectivity index (χ2v) is 5.67. The summed E-state index contributed by atoms with van der Waals surface area (Å²) < 4.78 is 0. The van der Waals surface area contributed by atoms with Crippen LogP contribution in [0.5, 0.6) is 0 Å². The van der Waals surface area contributed by atoms with Gasteiger partial charge in [0.2, 0.25) is 0 Å². The van der Waals surface area contributed by atoms with Crippen molar-refractivity contribution >= 4 is 16.3 Å². The summed E-state index contributed by atoms with van der Waals surface area (Å²) in [5.74, 6) is 0. The molecule has 0 atom stereocenters. The molecule has 0 aromatic heterocycles. The zero-order chi connectivity index (χ0) is 11.7. The molecule has 0 radical (unpaired) electrons. The first-order chi connectivity index (χ1) is 8.92. The van der Waals surface area contributed by atoms with Crippen molar-refractivity contribution in [3.63, 3.8) is 0 Å². The lowest BCUT2D eigenvalue weighted by Gasteiger charge is -2.24. The zero-order valence-corrected chi connectivity index (χ0v) is 10.3. The molecule has 5 rings (SSSR count). The van der Waals surface area contributed by atoms with Crippen molar-refractivity contribution in [3.8, 4) is 11.1 Å². The van der Waals surface area contributed by atoms with Gasteiger partial charge in [0.1, 0.15) is 0 Å². The fourth-order valence-corrected chi connectivity index (χ4v) is 3.74. The van der Waals surface area contributed by atoms with Crippen LogP contribution in [0, 0.1) is 0 Å². The molecule has 0 saturated heterocycles. The highest BCUT2D eigenvalue weighted by atomic mass is 14.3. The van der Waals surface area contributed by atoms with Crippen molar-refractivity contribution in [2.24, 2.45) is 0 Å². The second-order valence-electron chi connectivity index (χ2n) is 5.67. The second kappa shape index (κ2) is 2.95. The first kappa shape index (κ1) is 9.16. The van der Waals surface area contributed by atoms with Gasteiger partial charge in [-0.2, -0.15) is 0 Å². The Morgan fingerprint density at radius 1 is 0.833 bits per heavy atom. The van der Waals surface area contributed by atoms with Gasteiger partial charge in [-0.15, -0.1) is 0 Å². The van der Waals surface area contributed by atoms with Crippen LogP contribution in [0.3, 0.4) is 0 Å². The number of hydrogen-bond acceptors (Lipinski definition) is 0. The average Bonchev–Trinajstić information content (AvgIpc) is 3.10. The van der Waals surface area contributed by atoms with E-state index in [1.807, 2.05) is 0 Å². The van der Waals surface area contributed by atoms with E-state index in [2.05, 4.69) is 36.4 Å². The van der Waals surface area contributed by atoms with Crippen LogP contribution in [0.25, 0.3) is 27.5 Å². The summed E-state index contributed by atoms with van der Waals surface area (Å²) in [6.07, 6.45) is 9.70. The van der Waals surface area contributed by atoms with E-state index in [9.17, 15) is 0 Å². The molecule has 0 nitrogen and oxygen atoms in total. The normalized spacial score (nSPS) is 18.9. The predicted octanol–water partition coefficient (Wildman–Crippen LogP) is 4.87. The van der Waals surface area contributed by atoms with E-state index in [-0.39, 0.29) is 0 Å². The summed E-state index contributed by atoms with van der Waals surface area (Å²) in [4.78, 5) is 0. The van der Waals surface area contributed by atoms with Crippen LogP contribution in [0.1, 0.15) is 30.4 Å². The molecule has 0 bridgehead atoms. The van der Waals surface area contributed by atoms with E-state index in [0.717, 1.165) is 0 Å². The summed E-state index contributed by atoms with van der Waals surface area (Å²) in [7, 11) is 0. The smallest absolute Gasteiger partial charge is 0.00987 e. The van der Waals surface area contributed by atoms with E-state index in [0.29, 0.717) is 0 Å². The number of fused-ring (bicyclic) bond motifs is 6. The standard InChI is InChI=1S/C18H14/c1-2-4-13-11(3-1)5-6-15-14(13)7-8-16-17-9-12(17)10-18(15)16/h2,4,7-10H,1,3,5-6H2. The molecule has 0 heteroatoms. The number of allylic oxidation sites excluding steroid dienone is 4. The molecule has 0 spiro atoms. The largest absolute Gasteiger partial charge is 0.0836 e. The number of hydrogen-bond donors (Lipinski definition) is 0. The first-order valence-corrected chi connectivity index (χ1v) is 6.91. The minimum atomic E-state index is 1.23. The quantitative estimate of drug-likeness (QED) is 0.517. The zero-order valence-electron chi connectivity index (χ0n) is 10.3. The maximum Gasteiger partial charge on any atom is -0.00987 e. The van der Waals surface area contributed by atoms with E-state index in [1.54, 1.807) is 11.1 Å². The molecule has 0 fully saturated rings. The van der Waals surface area contributed by atoms with Crippen molar-refractivity contribution in [3.05, 3.63) is 53.1 Å². The molecule has 0 heterocycles. The van der Waals surface area contributed by atoms with Crippen LogP contribution in [-0.2, 0) is 6.42 Å². The third kappa shape index (κ3) is 1.02. The summed E-state index contributed by atoms with van der Waals surface area (Å²) in [5.41, 5.74) is 9.27. The molecule has 0 amide bonds. The maximum atomic E-state index is 2.39. The fourth-order valence-electron chi connectivity index (χ4n) is 3.74. The molecule has 4 aliphatic rings. The Balaban J connectivity index is 1.85. The molecule has 4 aliphatic carbocycles. The lowest BCUT2D eigenvalue weighted by atomic mass is 9.80. The predicted molar refractivity (Wildman–Crippen MR) is 76.6 cm³/mol. The van der Waals surface area contributed by atoms with Gasteiger partial charge < -0.3 is 0 Å². The monoisotopic (exact) mass is 230 g/mol. The van der Waals surface area contributed by atoms with Gasteiger partial charge in [-0.3, -0.25) is 0 Å². The SMILES string of the molecule is C1=CC2=C(CC1)CCc1c2ccc2c3cc-3cc12. The van der Waals surface area contributed by atoms with E-state index in [4.69, 9.17) is 0 Å². The molecular weight excluding hydrogens is 216 g/mol. The summed E-state index contributed by atoms with van der Waals surface area (Å²) >= 11 is 0. The molecule has 0 unspecified atom stereocenters. The fraction of sp³-hybridized carbons (Fsp3) is 0.222. The maximum absolute atomic E-state index is 2.39. The Morgan fingerprint density at radius 3 is 2.83 bits per heavy atom. The topological polar surface area (TPSA) is 0 Å². The van der Waals surface area contributed by atoms with Gasteiger partial charge in [0, 0.05) is 0 Å². The number of rotatable bonds is 0. The average molecular weight is 230 g/mol. The summed E-state index contributed by atoms with van der Waals surface area (Å²) in [5, 5.41) is 3.00. The van der Waals surface area contributed by atoms with Crippen LogP contribution in [0.2, 0.25) is 0 Å². The van der Waals surface area contributed by atoms with Gasteiger partial charge in [-0.05, 0) is 76.4 Å². The molecule has 0 saturated carbocycles. The van der Waals surface area contributed by atoms with E-state index >= 15 is 0 Å². The third-order valence-corrected chi connectivity index (χ3v) is 4.72. The van der Waals surface area contributed by atoms with Crippen LogP contribution >= 0.6 is 0 Å². The van der Waals surface area contributed by atoms with Crippen LogP contribution in [0.15, 0.2) is 42.0 Å². The first-order valence-electron chi connectivity index (χ1n) is 6.91. The van der Waals surface area contributed by atoms with Gasteiger partial charge in [0.05, 0.1) is 0 Å². The lowest BCUT2D eigenvalue weighted by molar-refractivity contribution is 0.831. The molecular formula is C18H14. The minimum absolute atomic E-state index is 1.23. The Bertz CT molecular complexity index is 772. The van der Waals surface area contributed by atoms with Gasteiger partial charge >= 0.3 is 0 Å². The van der Waals surface area contributed by atoms with Crippen molar-refractivity contribution in [2.45, 2.75) is 25.7 Å². The highest BCUT2D eigenvalue weighted by Crippen LogP contribution is 2.47. The van der Waals surface area contributed by atoms with E-state index < -0.39 is 0 Å². The van der Waals surface area contributed by atoms with Gasteiger partial charge in [-0.1, -0.05) is 29.9 Å². The third-order valence-electron chi connectivity index (χ3n) is 4.72.